The first-order valence-corrected chi connectivity index (χ1v) is 6.42. The minimum atomic E-state index is 0.0309. The molecule has 0 saturated carbocycles. The van der Waals surface area contributed by atoms with Gasteiger partial charge in [-0.05, 0) is 31.4 Å². The van der Waals surface area contributed by atoms with Gasteiger partial charge in [-0.15, -0.1) is 0 Å². The van der Waals surface area contributed by atoms with Gasteiger partial charge in [0.05, 0.1) is 0 Å². The Kier molecular flexibility index (Phi) is 5.86. The van der Waals surface area contributed by atoms with E-state index in [1.807, 2.05) is 14.0 Å². The maximum Gasteiger partial charge on any atom is 0.248 e. The number of carbonyl (C=O) groups excluding carboxylic acids is 1. The Bertz CT molecular complexity index is 401. The first kappa shape index (κ1) is 14.7. The van der Waals surface area contributed by atoms with Gasteiger partial charge in [0.2, 0.25) is 5.91 Å². The fourth-order valence-corrected chi connectivity index (χ4v) is 1.78. The average molecular weight is 249 g/mol. The van der Waals surface area contributed by atoms with Crippen LogP contribution in [0, 0.1) is 13.8 Å². The smallest absolute Gasteiger partial charge is 0.248 e. The lowest BCUT2D eigenvalue weighted by Gasteiger charge is -2.18. The zero-order valence-electron chi connectivity index (χ0n) is 11.8. The van der Waals surface area contributed by atoms with Crippen molar-refractivity contribution < 1.29 is 9.53 Å². The molecular formula is C15H23NO2. The molecular weight excluding hydrogens is 226 g/mol. The van der Waals surface area contributed by atoms with Crippen LogP contribution in [-0.4, -0.2) is 31.1 Å². The monoisotopic (exact) mass is 249 g/mol. The number of rotatable bonds is 6. The van der Waals surface area contributed by atoms with Crippen LogP contribution in [0.2, 0.25) is 0 Å². The molecule has 0 fully saturated rings. The molecule has 0 aliphatic rings. The number of hydrogen-bond donors (Lipinski definition) is 0. The summed E-state index contributed by atoms with van der Waals surface area (Å²) in [6.45, 7) is 7.64. The molecule has 1 rings (SSSR count). The molecule has 0 aliphatic heterocycles. The van der Waals surface area contributed by atoms with Crippen molar-refractivity contribution in [2.24, 2.45) is 0 Å². The molecule has 18 heavy (non-hydrogen) atoms. The first-order valence-electron chi connectivity index (χ1n) is 6.42. The largest absolute Gasteiger partial charge is 0.372 e. The molecule has 0 N–H and O–H groups in total. The SMILES string of the molecule is CCCOCC(=O)N(C)Cc1ccc(C)cc1C. The summed E-state index contributed by atoms with van der Waals surface area (Å²) < 4.78 is 5.26. The number of amides is 1. The lowest BCUT2D eigenvalue weighted by molar-refractivity contribution is -0.135. The second-order valence-corrected chi connectivity index (χ2v) is 4.73. The van der Waals surface area contributed by atoms with E-state index in [4.69, 9.17) is 4.74 Å². The van der Waals surface area contributed by atoms with E-state index in [0.29, 0.717) is 13.2 Å². The van der Waals surface area contributed by atoms with Crippen molar-refractivity contribution in [1.29, 1.82) is 0 Å². The Morgan fingerprint density at radius 2 is 2.06 bits per heavy atom. The topological polar surface area (TPSA) is 29.5 Å². The summed E-state index contributed by atoms with van der Waals surface area (Å²) in [6, 6.07) is 6.30. The van der Waals surface area contributed by atoms with Gasteiger partial charge in [0.15, 0.2) is 0 Å². The highest BCUT2D eigenvalue weighted by molar-refractivity contribution is 5.77. The van der Waals surface area contributed by atoms with Crippen molar-refractivity contribution >= 4 is 5.91 Å². The molecule has 0 bridgehead atoms. The van der Waals surface area contributed by atoms with Gasteiger partial charge >= 0.3 is 0 Å². The van der Waals surface area contributed by atoms with Crippen molar-refractivity contribution in [2.45, 2.75) is 33.7 Å². The quantitative estimate of drug-likeness (QED) is 0.725. The molecule has 0 spiro atoms. The molecule has 0 saturated heterocycles. The fourth-order valence-electron chi connectivity index (χ4n) is 1.78. The number of nitrogens with zero attached hydrogens (tertiary/aromatic N) is 1. The second kappa shape index (κ2) is 7.17. The third-order valence-electron chi connectivity index (χ3n) is 2.91. The van der Waals surface area contributed by atoms with Crippen molar-refractivity contribution in [3.63, 3.8) is 0 Å². The Hall–Kier alpha value is -1.35. The van der Waals surface area contributed by atoms with E-state index in [1.54, 1.807) is 4.90 Å². The Morgan fingerprint density at radius 1 is 1.33 bits per heavy atom. The molecule has 1 aromatic rings. The highest BCUT2D eigenvalue weighted by Crippen LogP contribution is 2.12. The lowest BCUT2D eigenvalue weighted by atomic mass is 10.1. The molecule has 100 valence electrons. The van der Waals surface area contributed by atoms with Crippen LogP contribution in [0.4, 0.5) is 0 Å². The van der Waals surface area contributed by atoms with Crippen LogP contribution in [-0.2, 0) is 16.1 Å². The highest BCUT2D eigenvalue weighted by Gasteiger charge is 2.10. The molecule has 3 heteroatoms. The van der Waals surface area contributed by atoms with Gasteiger partial charge in [-0.25, -0.2) is 0 Å². The van der Waals surface area contributed by atoms with Gasteiger partial charge < -0.3 is 9.64 Å². The Balaban J connectivity index is 2.53. The summed E-state index contributed by atoms with van der Waals surface area (Å²) in [6.07, 6.45) is 0.939. The van der Waals surface area contributed by atoms with E-state index in [9.17, 15) is 4.79 Å². The number of carbonyl (C=O) groups is 1. The summed E-state index contributed by atoms with van der Waals surface area (Å²) >= 11 is 0. The fraction of sp³-hybridized carbons (Fsp3) is 0.533. The van der Waals surface area contributed by atoms with Crippen LogP contribution in [0.1, 0.15) is 30.0 Å². The molecule has 1 aromatic carbocycles. The van der Waals surface area contributed by atoms with Crippen molar-refractivity contribution in [1.82, 2.24) is 4.90 Å². The minimum absolute atomic E-state index is 0.0309. The van der Waals surface area contributed by atoms with E-state index in [-0.39, 0.29) is 12.5 Å². The summed E-state index contributed by atoms with van der Waals surface area (Å²) in [7, 11) is 1.82. The van der Waals surface area contributed by atoms with E-state index in [0.717, 1.165) is 6.42 Å². The standard InChI is InChI=1S/C15H23NO2/c1-5-8-18-11-15(17)16(4)10-14-7-6-12(2)9-13(14)3/h6-7,9H,5,8,10-11H2,1-4H3. The normalized spacial score (nSPS) is 10.4. The Morgan fingerprint density at radius 3 is 2.67 bits per heavy atom. The van der Waals surface area contributed by atoms with Gasteiger partial charge in [0, 0.05) is 20.2 Å². The predicted octanol–water partition coefficient (Wildman–Crippen LogP) is 2.69. The average Bonchev–Trinajstić information content (AvgIpc) is 2.32. The van der Waals surface area contributed by atoms with Crippen molar-refractivity contribution in [2.75, 3.05) is 20.3 Å². The van der Waals surface area contributed by atoms with Crippen LogP contribution >= 0.6 is 0 Å². The third kappa shape index (κ3) is 4.49. The summed E-state index contributed by atoms with van der Waals surface area (Å²) in [5.74, 6) is 0.0309. The molecule has 0 aromatic heterocycles. The molecule has 3 nitrogen and oxygen atoms in total. The number of likely N-dealkylation sites (N-methyl/N-ethyl adjacent to an activating group) is 1. The zero-order chi connectivity index (χ0) is 13.5. The highest BCUT2D eigenvalue weighted by atomic mass is 16.5. The summed E-state index contributed by atoms with van der Waals surface area (Å²) in [5, 5.41) is 0. The van der Waals surface area contributed by atoms with Crippen LogP contribution in [0.3, 0.4) is 0 Å². The lowest BCUT2D eigenvalue weighted by Crippen LogP contribution is -2.30. The van der Waals surface area contributed by atoms with Crippen LogP contribution in [0.25, 0.3) is 0 Å². The molecule has 0 radical (unpaired) electrons. The number of benzene rings is 1. The van der Waals surface area contributed by atoms with E-state index < -0.39 is 0 Å². The maximum atomic E-state index is 11.8. The molecule has 0 aliphatic carbocycles. The van der Waals surface area contributed by atoms with E-state index in [1.165, 1.54) is 16.7 Å². The van der Waals surface area contributed by atoms with Gasteiger partial charge in [0.25, 0.3) is 0 Å². The van der Waals surface area contributed by atoms with Crippen LogP contribution in [0.15, 0.2) is 18.2 Å². The zero-order valence-corrected chi connectivity index (χ0v) is 11.8. The second-order valence-electron chi connectivity index (χ2n) is 4.73. The maximum absolute atomic E-state index is 11.8. The van der Waals surface area contributed by atoms with Crippen molar-refractivity contribution in [3.05, 3.63) is 34.9 Å². The van der Waals surface area contributed by atoms with Crippen LogP contribution < -0.4 is 0 Å². The Labute approximate surface area is 110 Å². The van der Waals surface area contributed by atoms with Gasteiger partial charge in [-0.1, -0.05) is 30.7 Å². The molecule has 0 unspecified atom stereocenters. The van der Waals surface area contributed by atoms with E-state index in [2.05, 4.69) is 32.0 Å². The number of ether oxygens (including phenoxy) is 1. The minimum Gasteiger partial charge on any atom is -0.372 e. The first-order chi connectivity index (χ1) is 8.54. The van der Waals surface area contributed by atoms with Gasteiger partial charge in [-0.2, -0.15) is 0 Å². The predicted molar refractivity (Wildman–Crippen MR) is 73.5 cm³/mol. The van der Waals surface area contributed by atoms with Crippen molar-refractivity contribution in [3.8, 4) is 0 Å². The molecule has 0 atom stereocenters. The van der Waals surface area contributed by atoms with Crippen LogP contribution in [0.5, 0.6) is 0 Å². The molecule has 1 amide bonds. The van der Waals surface area contributed by atoms with Gasteiger partial charge in [0.1, 0.15) is 6.61 Å². The third-order valence-corrected chi connectivity index (χ3v) is 2.91. The van der Waals surface area contributed by atoms with E-state index >= 15 is 0 Å². The number of hydrogen-bond acceptors (Lipinski definition) is 2. The molecule has 0 heterocycles. The summed E-state index contributed by atoms with van der Waals surface area (Å²) in [5.41, 5.74) is 3.66. The summed E-state index contributed by atoms with van der Waals surface area (Å²) in [4.78, 5) is 13.5. The number of aryl methyl sites for hydroxylation is 2. The van der Waals surface area contributed by atoms with Gasteiger partial charge in [-0.3, -0.25) is 4.79 Å².